The molecule has 1 amide bonds. The van der Waals surface area contributed by atoms with Crippen LogP contribution < -0.4 is 14.8 Å². The Labute approximate surface area is 200 Å². The van der Waals surface area contributed by atoms with Gasteiger partial charge in [0.25, 0.3) is 0 Å². The van der Waals surface area contributed by atoms with Crippen LogP contribution in [0.15, 0.2) is 53.4 Å². The van der Waals surface area contributed by atoms with E-state index >= 15 is 0 Å². The lowest BCUT2D eigenvalue weighted by atomic mass is 10.0. The molecular weight excluding hydrogens is 460 g/mol. The second-order valence-corrected chi connectivity index (χ2v) is 9.86. The third kappa shape index (κ3) is 6.71. The summed E-state index contributed by atoms with van der Waals surface area (Å²) in [6.45, 7) is 0.846. The van der Waals surface area contributed by atoms with Crippen LogP contribution in [0.1, 0.15) is 25.7 Å². The Bertz CT molecular complexity index is 1070. The van der Waals surface area contributed by atoms with Crippen molar-refractivity contribution in [2.24, 2.45) is 5.92 Å². The van der Waals surface area contributed by atoms with Crippen LogP contribution in [0.2, 0.25) is 0 Å². The SMILES string of the molecule is COC(=O)C1CCCN(S(=O)(=O)c2ccc(NC(=O)CCCOc3ccc(OC)cc3)cc2)C1. The van der Waals surface area contributed by atoms with Crippen molar-refractivity contribution in [1.29, 1.82) is 0 Å². The number of carbonyl (C=O) groups excluding carboxylic acids is 2. The number of ether oxygens (including phenoxy) is 3. The normalized spacial score (nSPS) is 16.5. The number of hydrogen-bond acceptors (Lipinski definition) is 7. The number of nitrogens with zero attached hydrogens (tertiary/aromatic N) is 1. The molecule has 1 heterocycles. The van der Waals surface area contributed by atoms with Crippen LogP contribution in [0.5, 0.6) is 11.5 Å². The van der Waals surface area contributed by atoms with Gasteiger partial charge in [-0.15, -0.1) is 0 Å². The molecule has 2 aromatic rings. The molecule has 1 N–H and O–H groups in total. The van der Waals surface area contributed by atoms with E-state index in [0.717, 1.165) is 5.75 Å². The summed E-state index contributed by atoms with van der Waals surface area (Å²) >= 11 is 0. The molecule has 1 aliphatic heterocycles. The van der Waals surface area contributed by atoms with Crippen molar-refractivity contribution in [3.63, 3.8) is 0 Å². The summed E-state index contributed by atoms with van der Waals surface area (Å²) in [5.41, 5.74) is 0.506. The first-order valence-electron chi connectivity index (χ1n) is 11.1. The largest absolute Gasteiger partial charge is 0.497 e. The smallest absolute Gasteiger partial charge is 0.309 e. The molecule has 34 heavy (non-hydrogen) atoms. The highest BCUT2D eigenvalue weighted by atomic mass is 32.2. The van der Waals surface area contributed by atoms with Crippen LogP contribution in [0, 0.1) is 5.92 Å². The number of carbonyl (C=O) groups is 2. The molecule has 0 bridgehead atoms. The minimum Gasteiger partial charge on any atom is -0.497 e. The van der Waals surface area contributed by atoms with Crippen LogP contribution in [0.3, 0.4) is 0 Å². The van der Waals surface area contributed by atoms with Crippen LogP contribution in [0.25, 0.3) is 0 Å². The van der Waals surface area contributed by atoms with Gasteiger partial charge in [-0.05, 0) is 67.8 Å². The maximum atomic E-state index is 13.0. The molecule has 0 aromatic heterocycles. The first kappa shape index (κ1) is 25.5. The number of methoxy groups -OCH3 is 2. The average molecular weight is 491 g/mol. The van der Waals surface area contributed by atoms with Gasteiger partial charge in [-0.3, -0.25) is 9.59 Å². The summed E-state index contributed by atoms with van der Waals surface area (Å²) in [6.07, 6.45) is 1.99. The van der Waals surface area contributed by atoms with Gasteiger partial charge >= 0.3 is 5.97 Å². The van der Waals surface area contributed by atoms with Gasteiger partial charge in [0.15, 0.2) is 0 Å². The van der Waals surface area contributed by atoms with Crippen molar-refractivity contribution in [2.45, 2.75) is 30.6 Å². The summed E-state index contributed by atoms with van der Waals surface area (Å²) in [6, 6.07) is 13.2. The fourth-order valence-corrected chi connectivity index (χ4v) is 5.22. The molecule has 1 unspecified atom stereocenters. The number of anilines is 1. The monoisotopic (exact) mass is 490 g/mol. The summed E-state index contributed by atoms with van der Waals surface area (Å²) in [5, 5.41) is 2.76. The zero-order valence-electron chi connectivity index (χ0n) is 19.4. The number of piperidine rings is 1. The molecule has 9 nitrogen and oxygen atoms in total. The van der Waals surface area contributed by atoms with Crippen LogP contribution in [-0.2, 0) is 24.3 Å². The van der Waals surface area contributed by atoms with Crippen LogP contribution in [-0.4, -0.2) is 58.5 Å². The molecule has 184 valence electrons. The second-order valence-electron chi connectivity index (χ2n) is 7.93. The molecule has 1 aliphatic rings. The van der Waals surface area contributed by atoms with E-state index in [1.165, 1.54) is 23.5 Å². The van der Waals surface area contributed by atoms with Crippen molar-refractivity contribution in [2.75, 3.05) is 39.2 Å². The van der Waals surface area contributed by atoms with E-state index in [-0.39, 0.29) is 23.8 Å². The fraction of sp³-hybridized carbons (Fsp3) is 0.417. The number of nitrogens with one attached hydrogen (secondary N) is 1. The molecule has 10 heteroatoms. The summed E-state index contributed by atoms with van der Waals surface area (Å²) in [5.74, 6) is 0.399. The third-order valence-corrected chi connectivity index (χ3v) is 7.45. The van der Waals surface area contributed by atoms with Gasteiger partial charge in [0, 0.05) is 25.2 Å². The average Bonchev–Trinajstić information content (AvgIpc) is 2.87. The third-order valence-electron chi connectivity index (χ3n) is 5.57. The van der Waals surface area contributed by atoms with E-state index in [1.807, 2.05) is 0 Å². The molecule has 0 aliphatic carbocycles. The molecule has 0 spiro atoms. The van der Waals surface area contributed by atoms with E-state index in [9.17, 15) is 18.0 Å². The van der Waals surface area contributed by atoms with Crippen molar-refractivity contribution in [3.05, 3.63) is 48.5 Å². The van der Waals surface area contributed by atoms with Gasteiger partial charge in [0.1, 0.15) is 11.5 Å². The number of esters is 1. The second kappa shape index (κ2) is 11.8. The lowest BCUT2D eigenvalue weighted by Crippen LogP contribution is -2.42. The van der Waals surface area contributed by atoms with E-state index < -0.39 is 21.9 Å². The molecule has 1 saturated heterocycles. The lowest BCUT2D eigenvalue weighted by molar-refractivity contribution is -0.146. The Hall–Kier alpha value is -3.11. The minimum absolute atomic E-state index is 0.103. The maximum absolute atomic E-state index is 13.0. The van der Waals surface area contributed by atoms with Crippen LogP contribution >= 0.6 is 0 Å². The predicted molar refractivity (Wildman–Crippen MR) is 126 cm³/mol. The van der Waals surface area contributed by atoms with E-state index in [0.29, 0.717) is 43.9 Å². The van der Waals surface area contributed by atoms with Crippen molar-refractivity contribution < 1.29 is 32.2 Å². The fourth-order valence-electron chi connectivity index (χ4n) is 3.70. The maximum Gasteiger partial charge on any atom is 0.309 e. The molecular formula is C24H30N2O7S. The van der Waals surface area contributed by atoms with Gasteiger partial charge in [-0.25, -0.2) is 8.42 Å². The Balaban J connectivity index is 1.47. The molecule has 0 saturated carbocycles. The van der Waals surface area contributed by atoms with Crippen molar-refractivity contribution in [3.8, 4) is 11.5 Å². The molecule has 1 atom stereocenters. The Kier molecular flexibility index (Phi) is 8.89. The van der Waals surface area contributed by atoms with Crippen molar-refractivity contribution in [1.82, 2.24) is 4.31 Å². The number of sulfonamides is 1. The summed E-state index contributed by atoms with van der Waals surface area (Å²) < 4.78 is 42.7. The quantitative estimate of drug-likeness (QED) is 0.402. The first-order valence-corrected chi connectivity index (χ1v) is 12.5. The van der Waals surface area contributed by atoms with Gasteiger partial charge in [-0.2, -0.15) is 4.31 Å². The molecule has 3 rings (SSSR count). The standard InChI is InChI=1S/C24H30N2O7S/c1-31-20-9-11-21(12-10-20)33-16-4-6-23(27)25-19-7-13-22(14-8-19)34(29,30)26-15-3-5-18(17-26)24(28)32-2/h7-14,18H,3-6,15-17H2,1-2H3,(H,25,27). The van der Waals surface area contributed by atoms with E-state index in [2.05, 4.69) is 5.32 Å². The van der Waals surface area contributed by atoms with Gasteiger partial charge in [0.2, 0.25) is 15.9 Å². The Morgan fingerprint density at radius 3 is 2.35 bits per heavy atom. The highest BCUT2D eigenvalue weighted by Gasteiger charge is 2.33. The number of amides is 1. The van der Waals surface area contributed by atoms with Crippen molar-refractivity contribution >= 4 is 27.6 Å². The topological polar surface area (TPSA) is 111 Å². The van der Waals surface area contributed by atoms with E-state index in [1.54, 1.807) is 43.5 Å². The zero-order valence-corrected chi connectivity index (χ0v) is 20.2. The molecule has 0 radical (unpaired) electrons. The summed E-state index contributed by atoms with van der Waals surface area (Å²) in [7, 11) is -0.845. The molecule has 2 aromatic carbocycles. The number of rotatable bonds is 10. The minimum atomic E-state index is -3.74. The first-order chi connectivity index (χ1) is 16.3. The molecule has 1 fully saturated rings. The number of hydrogen-bond donors (Lipinski definition) is 1. The zero-order chi connectivity index (χ0) is 24.6. The van der Waals surface area contributed by atoms with Gasteiger partial charge in [-0.1, -0.05) is 0 Å². The van der Waals surface area contributed by atoms with Crippen LogP contribution in [0.4, 0.5) is 5.69 Å². The lowest BCUT2D eigenvalue weighted by Gasteiger charge is -2.30. The Morgan fingerprint density at radius 1 is 1.03 bits per heavy atom. The van der Waals surface area contributed by atoms with Gasteiger partial charge < -0.3 is 19.5 Å². The highest BCUT2D eigenvalue weighted by molar-refractivity contribution is 7.89. The predicted octanol–water partition coefficient (Wildman–Crippen LogP) is 3.07. The summed E-state index contributed by atoms with van der Waals surface area (Å²) in [4.78, 5) is 24.1. The van der Waals surface area contributed by atoms with Gasteiger partial charge in [0.05, 0.1) is 31.6 Å². The Morgan fingerprint density at radius 2 is 1.71 bits per heavy atom. The highest BCUT2D eigenvalue weighted by Crippen LogP contribution is 2.25. The van der Waals surface area contributed by atoms with E-state index in [4.69, 9.17) is 14.2 Å². The number of benzene rings is 2.